The highest BCUT2D eigenvalue weighted by molar-refractivity contribution is 7.13. The van der Waals surface area contributed by atoms with E-state index in [-0.39, 0.29) is 23.7 Å². The average Bonchev–Trinajstić information content (AvgIpc) is 2.67. The first-order valence-electron chi connectivity index (χ1n) is 5.62. The quantitative estimate of drug-likeness (QED) is 0.772. The molecule has 1 amide bonds. The van der Waals surface area contributed by atoms with Crippen LogP contribution in [-0.4, -0.2) is 40.0 Å². The zero-order valence-electron chi connectivity index (χ0n) is 11.1. The number of carbonyl (C=O) groups excluding carboxylic acids is 1. The Hall–Kier alpha value is -0.970. The monoisotopic (exact) mass is 273 g/mol. The highest BCUT2D eigenvalue weighted by atomic mass is 31.0. The molecule has 2 N–H and O–H groups in total. The number of hydrogen-bond acceptors (Lipinski definition) is 5. The molecule has 1 aromatic rings. The molecule has 0 bridgehead atoms. The van der Waals surface area contributed by atoms with Gasteiger partial charge in [-0.25, -0.2) is 0 Å². The Morgan fingerprint density at radius 3 is 2.67 bits per heavy atom. The van der Waals surface area contributed by atoms with E-state index in [0.717, 1.165) is 0 Å². The lowest BCUT2D eigenvalue weighted by atomic mass is 10.1. The van der Waals surface area contributed by atoms with Crippen LogP contribution in [0.2, 0.25) is 0 Å². The first-order chi connectivity index (χ1) is 8.29. The summed E-state index contributed by atoms with van der Waals surface area (Å²) < 4.78 is 6.82. The molecule has 1 aromatic heterocycles. The van der Waals surface area contributed by atoms with Gasteiger partial charge in [0.1, 0.15) is 6.61 Å². The van der Waals surface area contributed by atoms with Crippen LogP contribution in [0.4, 0.5) is 0 Å². The molecular formula is C11H20N3O3P. The summed E-state index contributed by atoms with van der Waals surface area (Å²) in [5.74, 6) is 0.0263. The number of hydrogen-bond donors (Lipinski definition) is 2. The number of aromatic nitrogens is 1. The van der Waals surface area contributed by atoms with Crippen molar-refractivity contribution in [1.82, 2.24) is 15.1 Å². The number of likely N-dealkylation sites (N-methyl/N-ethyl adjacent to an activating group) is 1. The smallest absolute Gasteiger partial charge is 0.273 e. The van der Waals surface area contributed by atoms with E-state index in [1.807, 2.05) is 25.6 Å². The van der Waals surface area contributed by atoms with E-state index < -0.39 is 0 Å². The third-order valence-corrected chi connectivity index (χ3v) is 3.71. The number of nitrogens with one attached hydrogen (secondary N) is 1. The van der Waals surface area contributed by atoms with Crippen molar-refractivity contribution in [2.75, 3.05) is 13.6 Å². The number of amides is 1. The lowest BCUT2D eigenvalue weighted by Crippen LogP contribution is -2.45. The Kier molecular flexibility index (Phi) is 4.85. The van der Waals surface area contributed by atoms with Crippen LogP contribution in [-0.2, 0) is 6.61 Å². The lowest BCUT2D eigenvalue weighted by molar-refractivity contribution is 0.0924. The summed E-state index contributed by atoms with van der Waals surface area (Å²) in [5, 5.41) is 15.4. The van der Waals surface area contributed by atoms with Crippen molar-refractivity contribution in [3.05, 3.63) is 17.0 Å². The molecule has 1 unspecified atom stereocenters. The van der Waals surface area contributed by atoms with Gasteiger partial charge >= 0.3 is 0 Å². The summed E-state index contributed by atoms with van der Waals surface area (Å²) in [4.78, 5) is 11.9. The van der Waals surface area contributed by atoms with Crippen LogP contribution in [0.15, 0.2) is 4.52 Å². The van der Waals surface area contributed by atoms with Gasteiger partial charge in [0.25, 0.3) is 5.91 Å². The molecule has 0 aliphatic rings. The molecule has 7 heteroatoms. The van der Waals surface area contributed by atoms with E-state index in [1.54, 1.807) is 6.92 Å². The maximum Gasteiger partial charge on any atom is 0.273 e. The second-order valence-electron chi connectivity index (χ2n) is 4.84. The SMILES string of the molecule is Cc1c(C(=O)NCC(C)(C)N(C)P)noc1CO. The van der Waals surface area contributed by atoms with Crippen molar-refractivity contribution in [1.29, 1.82) is 0 Å². The van der Waals surface area contributed by atoms with Gasteiger partial charge in [0.15, 0.2) is 11.5 Å². The van der Waals surface area contributed by atoms with Gasteiger partial charge in [-0.2, -0.15) is 0 Å². The van der Waals surface area contributed by atoms with E-state index in [0.29, 0.717) is 17.9 Å². The molecule has 102 valence electrons. The fraction of sp³-hybridized carbons (Fsp3) is 0.636. The minimum atomic E-state index is -0.295. The molecule has 1 atom stereocenters. The van der Waals surface area contributed by atoms with Gasteiger partial charge in [-0.05, 0) is 27.8 Å². The molecule has 0 aromatic carbocycles. The van der Waals surface area contributed by atoms with Crippen molar-refractivity contribution in [2.24, 2.45) is 0 Å². The van der Waals surface area contributed by atoms with Crippen molar-refractivity contribution >= 4 is 15.3 Å². The Morgan fingerprint density at radius 1 is 1.61 bits per heavy atom. The summed E-state index contributed by atoms with van der Waals surface area (Å²) in [7, 11) is 4.49. The zero-order chi connectivity index (χ0) is 13.9. The Labute approximate surface area is 109 Å². The lowest BCUT2D eigenvalue weighted by Gasteiger charge is -2.32. The van der Waals surface area contributed by atoms with Gasteiger partial charge in [-0.3, -0.25) is 9.46 Å². The first kappa shape index (κ1) is 15.1. The average molecular weight is 273 g/mol. The fourth-order valence-electron chi connectivity index (χ4n) is 1.23. The van der Waals surface area contributed by atoms with Gasteiger partial charge in [0.05, 0.1) is 0 Å². The summed E-state index contributed by atoms with van der Waals surface area (Å²) in [6.07, 6.45) is 0. The third kappa shape index (κ3) is 3.28. The largest absolute Gasteiger partial charge is 0.388 e. The molecule has 18 heavy (non-hydrogen) atoms. The second kappa shape index (κ2) is 5.78. The molecular weight excluding hydrogens is 253 g/mol. The standard InChI is InChI=1S/C11H20N3O3P/c1-7-8(5-15)17-13-9(7)10(16)12-6-11(2,3)14(4)18/h15H,5-6,18H2,1-4H3,(H,12,16). The van der Waals surface area contributed by atoms with Crippen LogP contribution < -0.4 is 5.32 Å². The van der Waals surface area contributed by atoms with Crippen LogP contribution in [0, 0.1) is 6.92 Å². The minimum absolute atomic E-state index is 0.183. The van der Waals surface area contributed by atoms with Crippen molar-refractivity contribution in [2.45, 2.75) is 32.9 Å². The van der Waals surface area contributed by atoms with Crippen LogP contribution >= 0.6 is 9.39 Å². The van der Waals surface area contributed by atoms with Crippen molar-refractivity contribution in [3.63, 3.8) is 0 Å². The molecule has 0 spiro atoms. The summed E-state index contributed by atoms with van der Waals surface area (Å²) >= 11 is 0. The van der Waals surface area contributed by atoms with Crippen LogP contribution in [0.5, 0.6) is 0 Å². The molecule has 1 rings (SSSR count). The van der Waals surface area contributed by atoms with Gasteiger partial charge < -0.3 is 14.9 Å². The number of aliphatic hydroxyl groups excluding tert-OH is 1. The summed E-state index contributed by atoms with van der Waals surface area (Å²) in [6, 6.07) is 0. The van der Waals surface area contributed by atoms with E-state index in [1.165, 1.54) is 0 Å². The molecule has 0 aliphatic carbocycles. The number of carbonyl (C=O) groups is 1. The van der Waals surface area contributed by atoms with Gasteiger partial charge in [0.2, 0.25) is 0 Å². The maximum atomic E-state index is 11.9. The number of nitrogens with zero attached hydrogens (tertiary/aromatic N) is 2. The van der Waals surface area contributed by atoms with Gasteiger partial charge in [0, 0.05) is 17.6 Å². The van der Waals surface area contributed by atoms with Gasteiger partial charge in [-0.15, -0.1) is 0 Å². The van der Waals surface area contributed by atoms with E-state index in [9.17, 15) is 4.79 Å². The Morgan fingerprint density at radius 2 is 2.22 bits per heavy atom. The van der Waals surface area contributed by atoms with Crippen molar-refractivity contribution in [3.8, 4) is 0 Å². The van der Waals surface area contributed by atoms with Crippen molar-refractivity contribution < 1.29 is 14.4 Å². The van der Waals surface area contributed by atoms with E-state index >= 15 is 0 Å². The van der Waals surface area contributed by atoms with Crippen LogP contribution in [0.3, 0.4) is 0 Å². The van der Waals surface area contributed by atoms with E-state index in [2.05, 4.69) is 19.9 Å². The third-order valence-electron chi connectivity index (χ3n) is 3.02. The van der Waals surface area contributed by atoms with Gasteiger partial charge in [-0.1, -0.05) is 14.5 Å². The summed E-state index contributed by atoms with van der Waals surface area (Å²) in [5.41, 5.74) is 0.617. The van der Waals surface area contributed by atoms with Crippen LogP contribution in [0.1, 0.15) is 35.7 Å². The van der Waals surface area contributed by atoms with E-state index in [4.69, 9.17) is 9.63 Å². The van der Waals surface area contributed by atoms with Crippen LogP contribution in [0.25, 0.3) is 0 Å². The highest BCUT2D eigenvalue weighted by Gasteiger charge is 2.24. The topological polar surface area (TPSA) is 78.6 Å². The molecule has 0 saturated carbocycles. The second-order valence-corrected chi connectivity index (χ2v) is 5.62. The minimum Gasteiger partial charge on any atom is -0.388 e. The fourth-order valence-corrected chi connectivity index (χ4v) is 1.33. The number of rotatable bonds is 5. The highest BCUT2D eigenvalue weighted by Crippen LogP contribution is 2.16. The number of aliphatic hydroxyl groups is 1. The maximum absolute atomic E-state index is 11.9. The Balaban J connectivity index is 2.69. The molecule has 0 radical (unpaired) electrons. The summed E-state index contributed by atoms with van der Waals surface area (Å²) in [6.45, 7) is 5.94. The normalized spacial score (nSPS) is 11.9. The molecule has 0 fully saturated rings. The zero-order valence-corrected chi connectivity index (χ0v) is 12.3. The molecule has 6 nitrogen and oxygen atoms in total. The molecule has 0 saturated heterocycles. The molecule has 1 heterocycles. The predicted octanol–water partition coefficient (Wildman–Crippen LogP) is 0.706. The molecule has 0 aliphatic heterocycles. The predicted molar refractivity (Wildman–Crippen MR) is 71.0 cm³/mol. The first-order valence-corrected chi connectivity index (χ1v) is 6.14. The Bertz CT molecular complexity index is 429.